The molecule has 0 fully saturated rings. The van der Waals surface area contributed by atoms with Crippen LogP contribution in [0.2, 0.25) is 5.02 Å². The first-order valence-electron chi connectivity index (χ1n) is 4.00. The van der Waals surface area contributed by atoms with Crippen molar-refractivity contribution in [2.24, 2.45) is 0 Å². The molecule has 0 unspecified atom stereocenters. The third-order valence-corrected chi connectivity index (χ3v) is 1.91. The quantitative estimate of drug-likeness (QED) is 0.728. The van der Waals surface area contributed by atoms with Crippen molar-refractivity contribution < 1.29 is 9.21 Å². The van der Waals surface area contributed by atoms with Crippen molar-refractivity contribution in [3.8, 4) is 0 Å². The average Bonchev–Trinajstić information content (AvgIpc) is 2.76. The van der Waals surface area contributed by atoms with Gasteiger partial charge < -0.3 is 4.42 Å². The Labute approximate surface area is 85.1 Å². The Kier molecular flexibility index (Phi) is 2.37. The molecule has 0 bridgehead atoms. The summed E-state index contributed by atoms with van der Waals surface area (Å²) in [5, 5.41) is 4.56. The fourth-order valence-electron chi connectivity index (χ4n) is 1.13. The molecule has 0 amide bonds. The predicted octanol–water partition coefficient (Wildman–Crippen LogP) is 1.99. The lowest BCUT2D eigenvalue weighted by Crippen LogP contribution is -1.97. The summed E-state index contributed by atoms with van der Waals surface area (Å²) in [5.41, 5.74) is 0. The molecule has 5 heteroatoms. The maximum absolute atomic E-state index is 10.3. The number of hydrogen-bond acceptors (Lipinski definition) is 3. The molecule has 14 heavy (non-hydrogen) atoms. The second-order valence-electron chi connectivity index (χ2n) is 2.78. The zero-order valence-corrected chi connectivity index (χ0v) is 7.94. The van der Waals surface area contributed by atoms with E-state index in [9.17, 15) is 4.79 Å². The molecule has 2 heterocycles. The SMILES string of the molecule is O=Cc1ccc(Cn2cc(Cl)cn2)o1. The summed E-state index contributed by atoms with van der Waals surface area (Å²) in [6.45, 7) is 0.473. The molecule has 4 nitrogen and oxygen atoms in total. The lowest BCUT2D eigenvalue weighted by molar-refractivity contribution is 0.109. The van der Waals surface area contributed by atoms with E-state index in [0.717, 1.165) is 0 Å². The summed E-state index contributed by atoms with van der Waals surface area (Å²) >= 11 is 5.69. The Balaban J connectivity index is 2.14. The maximum atomic E-state index is 10.3. The Bertz CT molecular complexity index is 447. The van der Waals surface area contributed by atoms with Gasteiger partial charge >= 0.3 is 0 Å². The number of carbonyl (C=O) groups excluding carboxylic acids is 1. The van der Waals surface area contributed by atoms with Gasteiger partial charge in [0.2, 0.25) is 0 Å². The third-order valence-electron chi connectivity index (χ3n) is 1.72. The zero-order chi connectivity index (χ0) is 9.97. The van der Waals surface area contributed by atoms with E-state index >= 15 is 0 Å². The summed E-state index contributed by atoms with van der Waals surface area (Å²) in [6, 6.07) is 3.35. The molecule has 0 spiro atoms. The number of furan rings is 1. The first-order chi connectivity index (χ1) is 6.78. The molecule has 2 aromatic rings. The molecule has 0 radical (unpaired) electrons. The maximum Gasteiger partial charge on any atom is 0.185 e. The van der Waals surface area contributed by atoms with Crippen molar-refractivity contribution in [1.82, 2.24) is 9.78 Å². The minimum Gasteiger partial charge on any atom is -0.456 e. The Morgan fingerprint density at radius 3 is 3.00 bits per heavy atom. The molecule has 0 aliphatic heterocycles. The van der Waals surface area contributed by atoms with Crippen LogP contribution in [0, 0.1) is 0 Å². The van der Waals surface area contributed by atoms with Crippen LogP contribution in [0.5, 0.6) is 0 Å². The van der Waals surface area contributed by atoms with Crippen molar-refractivity contribution in [1.29, 1.82) is 0 Å². The van der Waals surface area contributed by atoms with E-state index in [-0.39, 0.29) is 0 Å². The highest BCUT2D eigenvalue weighted by atomic mass is 35.5. The Hall–Kier alpha value is -1.55. The van der Waals surface area contributed by atoms with Crippen molar-refractivity contribution in [2.75, 3.05) is 0 Å². The van der Waals surface area contributed by atoms with Crippen LogP contribution in [0.15, 0.2) is 28.9 Å². The van der Waals surface area contributed by atoms with Crippen LogP contribution >= 0.6 is 11.6 Å². The highest BCUT2D eigenvalue weighted by molar-refractivity contribution is 6.30. The van der Waals surface area contributed by atoms with Gasteiger partial charge in [-0.05, 0) is 12.1 Å². The van der Waals surface area contributed by atoms with Crippen molar-refractivity contribution in [2.45, 2.75) is 6.54 Å². The minimum atomic E-state index is 0.318. The number of rotatable bonds is 3. The van der Waals surface area contributed by atoms with Gasteiger partial charge in [-0.15, -0.1) is 0 Å². The molecule has 0 saturated carbocycles. The van der Waals surface area contributed by atoms with E-state index in [0.29, 0.717) is 29.4 Å². The van der Waals surface area contributed by atoms with Gasteiger partial charge in [0.05, 0.1) is 17.8 Å². The van der Waals surface area contributed by atoms with E-state index in [1.54, 1.807) is 29.2 Å². The number of carbonyl (C=O) groups is 1. The summed E-state index contributed by atoms with van der Waals surface area (Å²) in [7, 11) is 0. The van der Waals surface area contributed by atoms with Gasteiger partial charge in [-0.25, -0.2) is 0 Å². The molecule has 0 aliphatic carbocycles. The highest BCUT2D eigenvalue weighted by Gasteiger charge is 2.02. The number of halogens is 1. The standard InChI is InChI=1S/C9H7ClN2O2/c10-7-3-11-12(4-7)5-8-1-2-9(6-13)14-8/h1-4,6H,5H2. The smallest absolute Gasteiger partial charge is 0.185 e. The van der Waals surface area contributed by atoms with E-state index < -0.39 is 0 Å². The monoisotopic (exact) mass is 210 g/mol. The van der Waals surface area contributed by atoms with E-state index in [1.807, 2.05) is 0 Å². The number of aromatic nitrogens is 2. The molecule has 0 N–H and O–H groups in total. The van der Waals surface area contributed by atoms with Crippen LogP contribution in [0.25, 0.3) is 0 Å². The van der Waals surface area contributed by atoms with Gasteiger partial charge in [0, 0.05) is 6.20 Å². The summed E-state index contributed by atoms with van der Waals surface area (Å²) in [6.07, 6.45) is 3.90. The van der Waals surface area contributed by atoms with Gasteiger partial charge in [0.1, 0.15) is 5.76 Å². The van der Waals surface area contributed by atoms with Crippen LogP contribution in [-0.4, -0.2) is 16.1 Å². The second kappa shape index (κ2) is 3.67. The lowest BCUT2D eigenvalue weighted by atomic mass is 10.4. The molecule has 0 aromatic carbocycles. The molecular formula is C9H7ClN2O2. The Morgan fingerprint density at radius 1 is 1.57 bits per heavy atom. The molecular weight excluding hydrogens is 204 g/mol. The Morgan fingerprint density at radius 2 is 2.43 bits per heavy atom. The van der Waals surface area contributed by atoms with Gasteiger partial charge in [0.25, 0.3) is 0 Å². The fourth-order valence-corrected chi connectivity index (χ4v) is 1.28. The van der Waals surface area contributed by atoms with E-state index in [4.69, 9.17) is 16.0 Å². The number of aldehydes is 1. The number of nitrogens with zero attached hydrogens (tertiary/aromatic N) is 2. The molecule has 0 atom stereocenters. The van der Waals surface area contributed by atoms with Crippen LogP contribution in [-0.2, 0) is 6.54 Å². The molecule has 0 saturated heterocycles. The minimum absolute atomic E-state index is 0.318. The molecule has 2 rings (SSSR count). The van der Waals surface area contributed by atoms with E-state index in [1.165, 1.54) is 0 Å². The molecule has 2 aromatic heterocycles. The van der Waals surface area contributed by atoms with Crippen LogP contribution < -0.4 is 0 Å². The average molecular weight is 211 g/mol. The third kappa shape index (κ3) is 1.85. The van der Waals surface area contributed by atoms with Crippen LogP contribution in [0.3, 0.4) is 0 Å². The van der Waals surface area contributed by atoms with Crippen molar-refractivity contribution in [3.05, 3.63) is 41.1 Å². The largest absolute Gasteiger partial charge is 0.456 e. The van der Waals surface area contributed by atoms with Gasteiger partial charge in [0.15, 0.2) is 12.0 Å². The number of hydrogen-bond donors (Lipinski definition) is 0. The van der Waals surface area contributed by atoms with Crippen LogP contribution in [0.1, 0.15) is 16.3 Å². The second-order valence-corrected chi connectivity index (χ2v) is 3.21. The molecule has 0 aliphatic rings. The summed E-state index contributed by atoms with van der Waals surface area (Å²) in [5.74, 6) is 0.991. The highest BCUT2D eigenvalue weighted by Crippen LogP contribution is 2.10. The van der Waals surface area contributed by atoms with Crippen molar-refractivity contribution >= 4 is 17.9 Å². The van der Waals surface area contributed by atoms with E-state index in [2.05, 4.69) is 5.10 Å². The van der Waals surface area contributed by atoms with Crippen molar-refractivity contribution in [3.63, 3.8) is 0 Å². The first kappa shape index (κ1) is 9.02. The predicted molar refractivity (Wildman–Crippen MR) is 50.4 cm³/mol. The van der Waals surface area contributed by atoms with Gasteiger partial charge in [-0.1, -0.05) is 11.6 Å². The summed E-state index contributed by atoms with van der Waals surface area (Å²) in [4.78, 5) is 10.3. The first-order valence-corrected chi connectivity index (χ1v) is 4.37. The fraction of sp³-hybridized carbons (Fsp3) is 0.111. The topological polar surface area (TPSA) is 48.0 Å². The zero-order valence-electron chi connectivity index (χ0n) is 7.18. The van der Waals surface area contributed by atoms with Crippen LogP contribution in [0.4, 0.5) is 0 Å². The summed E-state index contributed by atoms with van der Waals surface area (Å²) < 4.78 is 6.81. The van der Waals surface area contributed by atoms with Gasteiger partial charge in [-0.3, -0.25) is 9.48 Å². The lowest BCUT2D eigenvalue weighted by Gasteiger charge is -1.95. The normalized spacial score (nSPS) is 10.4. The van der Waals surface area contributed by atoms with Gasteiger partial charge in [-0.2, -0.15) is 5.10 Å². The molecule has 72 valence electrons.